The second-order valence-electron chi connectivity index (χ2n) is 3.55. The fourth-order valence-electron chi connectivity index (χ4n) is 1.39. The van der Waals surface area contributed by atoms with Crippen LogP contribution in [0.2, 0.25) is 10.0 Å². The summed E-state index contributed by atoms with van der Waals surface area (Å²) in [5.41, 5.74) is 6.66. The fraction of sp³-hybridized carbons (Fsp3) is 0. The lowest BCUT2D eigenvalue weighted by atomic mass is 10.2. The molecule has 0 aromatic heterocycles. The molecule has 0 radical (unpaired) electrons. The van der Waals surface area contributed by atoms with Gasteiger partial charge < -0.3 is 10.5 Å². The molecular formula is C13H8Cl2N2O. The zero-order valence-corrected chi connectivity index (χ0v) is 10.7. The van der Waals surface area contributed by atoms with Gasteiger partial charge in [-0.1, -0.05) is 29.3 Å². The highest BCUT2D eigenvalue weighted by molar-refractivity contribution is 6.42. The Balaban J connectivity index is 2.34. The first-order valence-corrected chi connectivity index (χ1v) is 5.78. The summed E-state index contributed by atoms with van der Waals surface area (Å²) in [6.45, 7) is 0. The van der Waals surface area contributed by atoms with Gasteiger partial charge in [0.15, 0.2) is 5.75 Å². The summed E-state index contributed by atoms with van der Waals surface area (Å²) in [6, 6.07) is 11.8. The molecule has 2 N–H and O–H groups in total. The van der Waals surface area contributed by atoms with Gasteiger partial charge in [0.25, 0.3) is 0 Å². The van der Waals surface area contributed by atoms with Gasteiger partial charge in [-0.15, -0.1) is 0 Å². The number of anilines is 1. The van der Waals surface area contributed by atoms with Gasteiger partial charge in [-0.2, -0.15) is 5.26 Å². The van der Waals surface area contributed by atoms with E-state index in [4.69, 9.17) is 38.9 Å². The van der Waals surface area contributed by atoms with Crippen LogP contribution in [0.1, 0.15) is 5.56 Å². The Morgan fingerprint density at radius 2 is 1.83 bits per heavy atom. The standard InChI is InChI=1S/C13H8Cl2N2O/c14-10-5-12(17)13(6-11(10)15)18-9-3-1-2-8(4-9)7-16/h1-6H,17H2. The highest BCUT2D eigenvalue weighted by Crippen LogP contribution is 2.35. The molecule has 0 atom stereocenters. The van der Waals surface area contributed by atoms with E-state index in [2.05, 4.69) is 0 Å². The average Bonchev–Trinajstić information content (AvgIpc) is 2.36. The largest absolute Gasteiger partial charge is 0.455 e. The molecule has 0 aliphatic heterocycles. The van der Waals surface area contributed by atoms with Crippen LogP contribution < -0.4 is 10.5 Å². The smallest absolute Gasteiger partial charge is 0.151 e. The molecule has 2 aromatic carbocycles. The average molecular weight is 279 g/mol. The lowest BCUT2D eigenvalue weighted by molar-refractivity contribution is 0.485. The van der Waals surface area contributed by atoms with Crippen molar-refractivity contribution in [2.24, 2.45) is 0 Å². The first-order chi connectivity index (χ1) is 8.60. The summed E-state index contributed by atoms with van der Waals surface area (Å²) < 4.78 is 5.57. The first kappa shape index (κ1) is 12.6. The summed E-state index contributed by atoms with van der Waals surface area (Å²) >= 11 is 11.7. The molecule has 0 saturated carbocycles. The zero-order valence-electron chi connectivity index (χ0n) is 9.15. The maximum absolute atomic E-state index is 8.79. The molecule has 90 valence electrons. The first-order valence-electron chi connectivity index (χ1n) is 5.02. The van der Waals surface area contributed by atoms with Crippen molar-refractivity contribution >= 4 is 28.9 Å². The molecule has 3 nitrogen and oxygen atoms in total. The van der Waals surface area contributed by atoms with Gasteiger partial charge in [-0.3, -0.25) is 0 Å². The fourth-order valence-corrected chi connectivity index (χ4v) is 1.71. The maximum atomic E-state index is 8.79. The van der Waals surface area contributed by atoms with E-state index < -0.39 is 0 Å². The Morgan fingerprint density at radius 3 is 2.56 bits per heavy atom. The normalized spacial score (nSPS) is 9.83. The Labute approximate surface area is 114 Å². The second-order valence-corrected chi connectivity index (χ2v) is 4.36. The summed E-state index contributed by atoms with van der Waals surface area (Å²) in [7, 11) is 0. The quantitative estimate of drug-likeness (QED) is 0.836. The predicted octanol–water partition coefficient (Wildman–Crippen LogP) is 4.24. The Hall–Kier alpha value is -1.89. The monoisotopic (exact) mass is 278 g/mol. The Kier molecular flexibility index (Phi) is 3.61. The molecule has 0 bridgehead atoms. The van der Waals surface area contributed by atoms with Crippen molar-refractivity contribution in [2.75, 3.05) is 5.73 Å². The highest BCUT2D eigenvalue weighted by atomic mass is 35.5. The van der Waals surface area contributed by atoms with Crippen LogP contribution in [0.5, 0.6) is 11.5 Å². The van der Waals surface area contributed by atoms with E-state index in [0.717, 1.165) is 0 Å². The van der Waals surface area contributed by atoms with E-state index >= 15 is 0 Å². The van der Waals surface area contributed by atoms with Gasteiger partial charge in [-0.05, 0) is 24.3 Å². The van der Waals surface area contributed by atoms with Crippen molar-refractivity contribution in [2.45, 2.75) is 0 Å². The van der Waals surface area contributed by atoms with E-state index in [-0.39, 0.29) is 0 Å². The van der Waals surface area contributed by atoms with Gasteiger partial charge in [0.1, 0.15) is 5.75 Å². The number of benzene rings is 2. The molecule has 5 heteroatoms. The molecule has 18 heavy (non-hydrogen) atoms. The lowest BCUT2D eigenvalue weighted by Gasteiger charge is -2.09. The molecule has 2 rings (SSSR count). The van der Waals surface area contributed by atoms with Crippen LogP contribution in [0.4, 0.5) is 5.69 Å². The van der Waals surface area contributed by atoms with Crippen molar-refractivity contribution in [3.63, 3.8) is 0 Å². The van der Waals surface area contributed by atoms with Crippen LogP contribution in [0.25, 0.3) is 0 Å². The van der Waals surface area contributed by atoms with E-state index in [9.17, 15) is 0 Å². The zero-order chi connectivity index (χ0) is 13.1. The van der Waals surface area contributed by atoms with E-state index in [1.165, 1.54) is 12.1 Å². The molecule has 0 saturated heterocycles. The lowest BCUT2D eigenvalue weighted by Crippen LogP contribution is -1.92. The molecule has 0 amide bonds. The number of nitrogen functional groups attached to an aromatic ring is 1. The van der Waals surface area contributed by atoms with Crippen molar-refractivity contribution in [1.82, 2.24) is 0 Å². The van der Waals surface area contributed by atoms with Crippen molar-refractivity contribution in [3.8, 4) is 17.6 Å². The molecular weight excluding hydrogens is 271 g/mol. The van der Waals surface area contributed by atoms with Gasteiger partial charge in [0.05, 0.1) is 27.4 Å². The second kappa shape index (κ2) is 5.18. The van der Waals surface area contributed by atoms with Crippen LogP contribution in [0.3, 0.4) is 0 Å². The summed E-state index contributed by atoms with van der Waals surface area (Å²) in [6.07, 6.45) is 0. The van der Waals surface area contributed by atoms with Gasteiger partial charge in [0, 0.05) is 6.07 Å². The third kappa shape index (κ3) is 2.67. The van der Waals surface area contributed by atoms with Crippen LogP contribution in [-0.4, -0.2) is 0 Å². The number of nitrogens with zero attached hydrogens (tertiary/aromatic N) is 1. The van der Waals surface area contributed by atoms with Crippen LogP contribution >= 0.6 is 23.2 Å². The number of nitrogens with two attached hydrogens (primary N) is 1. The minimum absolute atomic E-state index is 0.359. The van der Waals surface area contributed by atoms with E-state index in [1.54, 1.807) is 24.3 Å². The molecule has 0 heterocycles. The highest BCUT2D eigenvalue weighted by Gasteiger charge is 2.07. The third-order valence-electron chi connectivity index (χ3n) is 2.24. The Morgan fingerprint density at radius 1 is 1.11 bits per heavy atom. The minimum Gasteiger partial charge on any atom is -0.455 e. The number of rotatable bonds is 2. The van der Waals surface area contributed by atoms with Gasteiger partial charge in [-0.25, -0.2) is 0 Å². The summed E-state index contributed by atoms with van der Waals surface area (Å²) in [4.78, 5) is 0. The topological polar surface area (TPSA) is 59.0 Å². The molecule has 0 fully saturated rings. The van der Waals surface area contributed by atoms with Crippen LogP contribution in [-0.2, 0) is 0 Å². The third-order valence-corrected chi connectivity index (χ3v) is 2.97. The van der Waals surface area contributed by atoms with E-state index in [0.29, 0.717) is 32.8 Å². The van der Waals surface area contributed by atoms with Crippen molar-refractivity contribution in [1.29, 1.82) is 5.26 Å². The number of hydrogen-bond donors (Lipinski definition) is 1. The summed E-state index contributed by atoms with van der Waals surface area (Å²) in [5, 5.41) is 9.52. The maximum Gasteiger partial charge on any atom is 0.151 e. The molecule has 0 aliphatic carbocycles. The minimum atomic E-state index is 0.359. The summed E-state index contributed by atoms with van der Waals surface area (Å²) in [5.74, 6) is 0.915. The van der Waals surface area contributed by atoms with Gasteiger partial charge in [0.2, 0.25) is 0 Å². The van der Waals surface area contributed by atoms with E-state index in [1.807, 2.05) is 6.07 Å². The molecule has 0 spiro atoms. The number of halogens is 2. The molecule has 0 unspecified atom stereocenters. The van der Waals surface area contributed by atoms with Crippen LogP contribution in [0.15, 0.2) is 36.4 Å². The number of hydrogen-bond acceptors (Lipinski definition) is 3. The van der Waals surface area contributed by atoms with Crippen molar-refractivity contribution in [3.05, 3.63) is 52.0 Å². The van der Waals surface area contributed by atoms with Crippen molar-refractivity contribution < 1.29 is 4.74 Å². The SMILES string of the molecule is N#Cc1cccc(Oc2cc(Cl)c(Cl)cc2N)c1. The molecule has 2 aromatic rings. The predicted molar refractivity (Wildman–Crippen MR) is 72.1 cm³/mol. The van der Waals surface area contributed by atoms with Crippen LogP contribution in [0, 0.1) is 11.3 Å². The number of nitriles is 1. The number of ether oxygens (including phenoxy) is 1. The van der Waals surface area contributed by atoms with Gasteiger partial charge >= 0.3 is 0 Å². The molecule has 0 aliphatic rings. The Bertz CT molecular complexity index is 635.